The van der Waals surface area contributed by atoms with Crippen LogP contribution in [0.3, 0.4) is 0 Å². The Morgan fingerprint density at radius 2 is 2.28 bits per heavy atom. The number of nitrogens with one attached hydrogen (secondary N) is 1. The molecule has 18 heavy (non-hydrogen) atoms. The Balaban J connectivity index is 2.33. The smallest absolute Gasteiger partial charge is 0.309 e. The highest BCUT2D eigenvalue weighted by Gasteiger charge is 2.22. The standard InChI is InChI=1S/C9H13N5O3S/c1-3-14-4-7(8(10)12-14)18(15,16)13-9-11-6(2)5-17-9/h4-5H,3H2,1-2H3,(H2,10,12)(H,11,13). The molecular formula is C9H13N5O3S. The molecule has 8 nitrogen and oxygen atoms in total. The second-order valence-corrected chi connectivity index (χ2v) is 5.28. The van der Waals surface area contributed by atoms with Crippen LogP contribution in [0.15, 0.2) is 21.8 Å². The molecule has 2 aromatic rings. The topological polar surface area (TPSA) is 116 Å². The monoisotopic (exact) mass is 271 g/mol. The number of aromatic nitrogens is 3. The molecule has 3 N–H and O–H groups in total. The molecule has 0 atom stereocenters. The van der Waals surface area contributed by atoms with Gasteiger partial charge in [-0.05, 0) is 13.8 Å². The third-order valence-corrected chi connectivity index (χ3v) is 3.55. The molecule has 0 spiro atoms. The predicted octanol–water partition coefficient (Wildman–Crippen LogP) is 0.582. The van der Waals surface area contributed by atoms with Crippen LogP contribution >= 0.6 is 0 Å². The highest BCUT2D eigenvalue weighted by atomic mass is 32.2. The van der Waals surface area contributed by atoms with Crippen molar-refractivity contribution in [2.45, 2.75) is 25.3 Å². The molecule has 9 heteroatoms. The van der Waals surface area contributed by atoms with Crippen molar-refractivity contribution in [3.8, 4) is 0 Å². The average molecular weight is 271 g/mol. The summed E-state index contributed by atoms with van der Waals surface area (Å²) in [5.74, 6) is -0.0624. The number of sulfonamides is 1. The van der Waals surface area contributed by atoms with E-state index < -0.39 is 10.0 Å². The van der Waals surface area contributed by atoms with E-state index in [2.05, 4.69) is 14.8 Å². The zero-order chi connectivity index (χ0) is 13.3. The Kier molecular flexibility index (Phi) is 2.99. The maximum Gasteiger partial charge on any atom is 0.309 e. The Bertz CT molecular complexity index is 658. The molecule has 2 aromatic heterocycles. The number of hydrogen-bond acceptors (Lipinski definition) is 6. The number of oxazole rings is 1. The van der Waals surface area contributed by atoms with Gasteiger partial charge in [-0.3, -0.25) is 4.68 Å². The SMILES string of the molecule is CCn1cc(S(=O)(=O)Nc2nc(C)co2)c(N)n1. The third-order valence-electron chi connectivity index (χ3n) is 2.21. The number of nitrogen functional groups attached to an aromatic ring is 1. The first-order chi connectivity index (χ1) is 8.42. The number of hydrogen-bond donors (Lipinski definition) is 2. The van der Waals surface area contributed by atoms with E-state index >= 15 is 0 Å². The van der Waals surface area contributed by atoms with Crippen LogP contribution in [-0.4, -0.2) is 23.2 Å². The lowest BCUT2D eigenvalue weighted by molar-refractivity contribution is 0.569. The van der Waals surface area contributed by atoms with E-state index in [1.165, 1.54) is 17.1 Å². The van der Waals surface area contributed by atoms with E-state index in [1.54, 1.807) is 6.92 Å². The number of nitrogens with zero attached hydrogens (tertiary/aromatic N) is 3. The molecule has 98 valence electrons. The lowest BCUT2D eigenvalue weighted by atomic mass is 10.6. The van der Waals surface area contributed by atoms with E-state index in [4.69, 9.17) is 10.2 Å². The van der Waals surface area contributed by atoms with Crippen molar-refractivity contribution in [3.05, 3.63) is 18.2 Å². The molecule has 0 saturated heterocycles. The summed E-state index contributed by atoms with van der Waals surface area (Å²) >= 11 is 0. The summed E-state index contributed by atoms with van der Waals surface area (Å²) in [5, 5.41) is 3.87. The number of aryl methyl sites for hydroxylation is 2. The van der Waals surface area contributed by atoms with Gasteiger partial charge in [0.1, 0.15) is 11.2 Å². The second kappa shape index (κ2) is 4.33. The molecule has 0 unspecified atom stereocenters. The minimum absolute atomic E-state index is 0.0624. The van der Waals surface area contributed by atoms with Crippen LogP contribution < -0.4 is 10.5 Å². The minimum Gasteiger partial charge on any atom is -0.431 e. The van der Waals surface area contributed by atoms with E-state index in [1.807, 2.05) is 6.92 Å². The summed E-state index contributed by atoms with van der Waals surface area (Å²) in [7, 11) is -3.83. The van der Waals surface area contributed by atoms with Crippen LogP contribution in [0.25, 0.3) is 0 Å². The van der Waals surface area contributed by atoms with Gasteiger partial charge in [0.25, 0.3) is 10.0 Å². The quantitative estimate of drug-likeness (QED) is 0.840. The summed E-state index contributed by atoms with van der Waals surface area (Å²) < 4.78 is 32.6. The average Bonchev–Trinajstić information content (AvgIpc) is 2.84. The third kappa shape index (κ3) is 2.30. The summed E-state index contributed by atoms with van der Waals surface area (Å²) in [6.45, 7) is 4.04. The van der Waals surface area contributed by atoms with Gasteiger partial charge in [0.2, 0.25) is 0 Å². The molecule has 0 saturated carbocycles. The molecule has 0 aliphatic carbocycles. The largest absolute Gasteiger partial charge is 0.431 e. The van der Waals surface area contributed by atoms with Crippen molar-refractivity contribution >= 4 is 21.9 Å². The zero-order valence-electron chi connectivity index (χ0n) is 9.91. The van der Waals surface area contributed by atoms with Crippen LogP contribution in [0.4, 0.5) is 11.8 Å². The van der Waals surface area contributed by atoms with Crippen molar-refractivity contribution < 1.29 is 12.8 Å². The van der Waals surface area contributed by atoms with Crippen molar-refractivity contribution in [1.29, 1.82) is 0 Å². The van der Waals surface area contributed by atoms with Crippen molar-refractivity contribution in [2.24, 2.45) is 0 Å². The molecule has 0 amide bonds. The van der Waals surface area contributed by atoms with Gasteiger partial charge >= 0.3 is 6.01 Å². The van der Waals surface area contributed by atoms with Crippen molar-refractivity contribution in [2.75, 3.05) is 10.5 Å². The van der Waals surface area contributed by atoms with Crippen LogP contribution in [0.1, 0.15) is 12.6 Å². The van der Waals surface area contributed by atoms with Gasteiger partial charge in [0, 0.05) is 12.7 Å². The highest BCUT2D eigenvalue weighted by Crippen LogP contribution is 2.19. The Labute approximate surface area is 104 Å². The van der Waals surface area contributed by atoms with Crippen LogP contribution in [0, 0.1) is 6.92 Å². The van der Waals surface area contributed by atoms with Crippen LogP contribution in [0.2, 0.25) is 0 Å². The fourth-order valence-electron chi connectivity index (χ4n) is 1.36. The Morgan fingerprint density at radius 3 is 2.78 bits per heavy atom. The van der Waals surface area contributed by atoms with E-state index in [0.29, 0.717) is 12.2 Å². The maximum absolute atomic E-state index is 12.0. The normalized spacial score (nSPS) is 11.7. The van der Waals surface area contributed by atoms with Crippen LogP contribution in [-0.2, 0) is 16.6 Å². The number of rotatable bonds is 4. The highest BCUT2D eigenvalue weighted by molar-refractivity contribution is 7.92. The van der Waals surface area contributed by atoms with Gasteiger partial charge in [-0.2, -0.15) is 10.1 Å². The molecule has 0 bridgehead atoms. The van der Waals surface area contributed by atoms with Gasteiger partial charge in [-0.15, -0.1) is 0 Å². The van der Waals surface area contributed by atoms with E-state index in [-0.39, 0.29) is 16.7 Å². The molecule has 0 aliphatic rings. The molecule has 0 fully saturated rings. The summed E-state index contributed by atoms with van der Waals surface area (Å²) in [4.78, 5) is 3.76. The molecule has 2 rings (SSSR count). The Morgan fingerprint density at radius 1 is 1.56 bits per heavy atom. The van der Waals surface area contributed by atoms with E-state index in [0.717, 1.165) is 0 Å². The minimum atomic E-state index is -3.83. The molecule has 2 heterocycles. The second-order valence-electron chi connectivity index (χ2n) is 3.63. The maximum atomic E-state index is 12.0. The van der Waals surface area contributed by atoms with Crippen LogP contribution in [0.5, 0.6) is 0 Å². The lowest BCUT2D eigenvalue weighted by Gasteiger charge is -2.01. The fraction of sp³-hybridized carbons (Fsp3) is 0.333. The lowest BCUT2D eigenvalue weighted by Crippen LogP contribution is -2.14. The number of nitrogens with two attached hydrogens (primary N) is 1. The van der Waals surface area contributed by atoms with Gasteiger partial charge in [-0.25, -0.2) is 13.1 Å². The van der Waals surface area contributed by atoms with Gasteiger partial charge < -0.3 is 10.2 Å². The first-order valence-corrected chi connectivity index (χ1v) is 6.68. The first-order valence-electron chi connectivity index (χ1n) is 5.20. The fourth-order valence-corrected chi connectivity index (χ4v) is 2.37. The summed E-state index contributed by atoms with van der Waals surface area (Å²) in [5.41, 5.74) is 6.13. The van der Waals surface area contributed by atoms with Crippen molar-refractivity contribution in [1.82, 2.24) is 14.8 Å². The predicted molar refractivity (Wildman–Crippen MR) is 64.4 cm³/mol. The zero-order valence-corrected chi connectivity index (χ0v) is 10.7. The first kappa shape index (κ1) is 12.4. The molecule has 0 aromatic carbocycles. The Hall–Kier alpha value is -2.03. The van der Waals surface area contributed by atoms with Gasteiger partial charge in [-0.1, -0.05) is 0 Å². The van der Waals surface area contributed by atoms with E-state index in [9.17, 15) is 8.42 Å². The molecular weight excluding hydrogens is 258 g/mol. The molecule has 0 aliphatic heterocycles. The van der Waals surface area contributed by atoms with Gasteiger partial charge in [0.05, 0.1) is 5.69 Å². The summed E-state index contributed by atoms with van der Waals surface area (Å²) in [6, 6.07) is -0.101. The number of anilines is 2. The summed E-state index contributed by atoms with van der Waals surface area (Å²) in [6.07, 6.45) is 2.70. The molecule has 0 radical (unpaired) electrons. The van der Waals surface area contributed by atoms with Gasteiger partial charge in [0.15, 0.2) is 5.82 Å². The van der Waals surface area contributed by atoms with Crippen molar-refractivity contribution in [3.63, 3.8) is 0 Å².